The van der Waals surface area contributed by atoms with E-state index in [9.17, 15) is 13.2 Å². The van der Waals surface area contributed by atoms with Crippen molar-refractivity contribution in [3.05, 3.63) is 28.8 Å². The minimum absolute atomic E-state index is 0.118. The number of aryl methyl sites for hydroxylation is 1. The second-order valence-corrected chi connectivity index (χ2v) is 6.89. The van der Waals surface area contributed by atoms with Gasteiger partial charge >= 0.3 is 0 Å². The van der Waals surface area contributed by atoms with Gasteiger partial charge in [0.05, 0.1) is 4.90 Å². The average Bonchev–Trinajstić information content (AvgIpc) is 2.25. The normalized spacial score (nSPS) is 13.4. The van der Waals surface area contributed by atoms with E-state index in [0.717, 1.165) is 18.2 Å². The van der Waals surface area contributed by atoms with Crippen LogP contribution in [-0.4, -0.2) is 19.9 Å². The summed E-state index contributed by atoms with van der Waals surface area (Å²) in [6.07, 6.45) is 1.97. The molecular formula is C13H17ClO3S. The van der Waals surface area contributed by atoms with Crippen LogP contribution in [0.1, 0.15) is 47.7 Å². The molecule has 0 radical (unpaired) electrons. The standard InChI is InChI=1S/C13H17ClO3S/c1-5-8(2)10-6-9(3)11(13(14)15)7-12(10)18(4,16)17/h6-8H,5H2,1-4H3. The first-order valence-corrected chi connectivity index (χ1v) is 7.99. The van der Waals surface area contributed by atoms with Crippen molar-refractivity contribution in [1.82, 2.24) is 0 Å². The van der Waals surface area contributed by atoms with Gasteiger partial charge in [-0.1, -0.05) is 19.9 Å². The fourth-order valence-corrected chi connectivity index (χ4v) is 3.07. The highest BCUT2D eigenvalue weighted by Gasteiger charge is 2.20. The van der Waals surface area contributed by atoms with Gasteiger partial charge < -0.3 is 0 Å². The van der Waals surface area contributed by atoms with Crippen molar-refractivity contribution in [2.24, 2.45) is 0 Å². The maximum absolute atomic E-state index is 11.8. The van der Waals surface area contributed by atoms with Crippen LogP contribution < -0.4 is 0 Å². The van der Waals surface area contributed by atoms with Crippen LogP contribution in [-0.2, 0) is 9.84 Å². The summed E-state index contributed by atoms with van der Waals surface area (Å²) >= 11 is 5.46. The van der Waals surface area contributed by atoms with Crippen LogP contribution in [0.15, 0.2) is 17.0 Å². The van der Waals surface area contributed by atoms with Crippen LogP contribution >= 0.6 is 11.6 Å². The van der Waals surface area contributed by atoms with E-state index in [4.69, 9.17) is 11.6 Å². The van der Waals surface area contributed by atoms with E-state index >= 15 is 0 Å². The minimum atomic E-state index is -3.37. The van der Waals surface area contributed by atoms with Gasteiger partial charge in [-0.15, -0.1) is 0 Å². The summed E-state index contributed by atoms with van der Waals surface area (Å²) in [4.78, 5) is 11.5. The predicted molar refractivity (Wildman–Crippen MR) is 73.2 cm³/mol. The van der Waals surface area contributed by atoms with Crippen molar-refractivity contribution >= 4 is 26.7 Å². The first-order valence-electron chi connectivity index (χ1n) is 5.72. The highest BCUT2D eigenvalue weighted by atomic mass is 35.5. The second kappa shape index (κ2) is 5.41. The molecule has 0 heterocycles. The third kappa shape index (κ3) is 3.12. The number of hydrogen-bond acceptors (Lipinski definition) is 3. The smallest absolute Gasteiger partial charge is 0.252 e. The van der Waals surface area contributed by atoms with Crippen LogP contribution in [0.25, 0.3) is 0 Å². The van der Waals surface area contributed by atoms with Gasteiger partial charge in [-0.05, 0) is 48.1 Å². The highest BCUT2D eigenvalue weighted by Crippen LogP contribution is 2.29. The van der Waals surface area contributed by atoms with Crippen molar-refractivity contribution in [3.63, 3.8) is 0 Å². The molecule has 0 aromatic heterocycles. The third-order valence-corrected chi connectivity index (χ3v) is 4.47. The largest absolute Gasteiger partial charge is 0.276 e. The van der Waals surface area contributed by atoms with Crippen LogP contribution in [0.3, 0.4) is 0 Å². The Hall–Kier alpha value is -0.870. The molecule has 1 aromatic carbocycles. The fourth-order valence-electron chi connectivity index (χ4n) is 1.85. The molecule has 1 aromatic rings. The lowest BCUT2D eigenvalue weighted by Gasteiger charge is -2.16. The minimum Gasteiger partial charge on any atom is -0.276 e. The maximum Gasteiger partial charge on any atom is 0.252 e. The molecule has 0 aliphatic heterocycles. The van der Waals surface area contributed by atoms with Crippen LogP contribution in [0.4, 0.5) is 0 Å². The lowest BCUT2D eigenvalue weighted by Crippen LogP contribution is -2.08. The maximum atomic E-state index is 11.8. The topological polar surface area (TPSA) is 51.2 Å². The number of benzene rings is 1. The highest BCUT2D eigenvalue weighted by molar-refractivity contribution is 7.90. The SMILES string of the molecule is CCC(C)c1cc(C)c(C(=O)Cl)cc1S(C)(=O)=O. The molecule has 1 atom stereocenters. The lowest BCUT2D eigenvalue weighted by molar-refractivity contribution is 0.108. The third-order valence-electron chi connectivity index (χ3n) is 3.11. The van der Waals surface area contributed by atoms with Gasteiger partial charge in [-0.2, -0.15) is 0 Å². The summed E-state index contributed by atoms with van der Waals surface area (Å²) in [6.45, 7) is 5.71. The van der Waals surface area contributed by atoms with Gasteiger partial charge in [-0.3, -0.25) is 4.79 Å². The fraction of sp³-hybridized carbons (Fsp3) is 0.462. The summed E-state index contributed by atoms with van der Waals surface area (Å²) in [7, 11) is -3.37. The molecule has 1 unspecified atom stereocenters. The first kappa shape index (κ1) is 15.2. The molecule has 18 heavy (non-hydrogen) atoms. The molecule has 0 N–H and O–H groups in total. The number of hydrogen-bond donors (Lipinski definition) is 0. The van der Waals surface area contributed by atoms with Gasteiger partial charge in [0.25, 0.3) is 5.24 Å². The Labute approximate surface area is 113 Å². The van der Waals surface area contributed by atoms with Gasteiger partial charge in [0.2, 0.25) is 0 Å². The Morgan fingerprint density at radius 1 is 1.39 bits per heavy atom. The van der Waals surface area contributed by atoms with Crippen LogP contribution in [0, 0.1) is 6.92 Å². The Bertz CT molecular complexity index is 576. The number of carbonyl (C=O) groups is 1. The Kier molecular flexibility index (Phi) is 4.56. The molecule has 0 aliphatic rings. The summed E-state index contributed by atoms with van der Waals surface area (Å²) in [5, 5.41) is -0.631. The van der Waals surface area contributed by atoms with E-state index < -0.39 is 15.1 Å². The van der Waals surface area contributed by atoms with E-state index in [2.05, 4.69) is 0 Å². The Morgan fingerprint density at radius 3 is 2.33 bits per heavy atom. The van der Waals surface area contributed by atoms with E-state index in [1.807, 2.05) is 13.8 Å². The molecule has 0 saturated carbocycles. The lowest BCUT2D eigenvalue weighted by atomic mass is 9.95. The molecule has 0 bridgehead atoms. The van der Waals surface area contributed by atoms with Gasteiger partial charge in [0.1, 0.15) is 0 Å². The molecule has 0 amide bonds. The van der Waals surface area contributed by atoms with Crippen molar-refractivity contribution in [2.45, 2.75) is 38.0 Å². The second-order valence-electron chi connectivity index (χ2n) is 4.56. The number of sulfone groups is 1. The molecule has 0 saturated heterocycles. The van der Waals surface area contributed by atoms with Crippen molar-refractivity contribution in [1.29, 1.82) is 0 Å². The van der Waals surface area contributed by atoms with Crippen molar-refractivity contribution < 1.29 is 13.2 Å². The predicted octanol–water partition coefficient (Wildman–Crippen LogP) is 3.29. The Morgan fingerprint density at radius 2 is 1.94 bits per heavy atom. The molecule has 3 nitrogen and oxygen atoms in total. The molecular weight excluding hydrogens is 272 g/mol. The van der Waals surface area contributed by atoms with Gasteiger partial charge in [-0.25, -0.2) is 8.42 Å². The zero-order valence-corrected chi connectivity index (χ0v) is 12.5. The number of carbonyl (C=O) groups excluding carboxylic acids is 1. The summed E-state index contributed by atoms with van der Waals surface area (Å²) in [6, 6.07) is 3.14. The Balaban J connectivity index is 3.63. The van der Waals surface area contributed by atoms with Crippen LogP contribution in [0.5, 0.6) is 0 Å². The number of halogens is 1. The molecule has 0 fully saturated rings. The first-order chi connectivity index (χ1) is 8.18. The van der Waals surface area contributed by atoms with E-state index in [0.29, 0.717) is 5.56 Å². The van der Waals surface area contributed by atoms with E-state index in [-0.39, 0.29) is 16.4 Å². The molecule has 1 rings (SSSR count). The van der Waals surface area contributed by atoms with Crippen molar-refractivity contribution in [2.75, 3.05) is 6.26 Å². The van der Waals surface area contributed by atoms with Crippen LogP contribution in [0.2, 0.25) is 0 Å². The summed E-state index contributed by atoms with van der Waals surface area (Å²) < 4.78 is 23.6. The van der Waals surface area contributed by atoms with Gasteiger partial charge in [0.15, 0.2) is 9.84 Å². The van der Waals surface area contributed by atoms with E-state index in [1.54, 1.807) is 13.0 Å². The molecule has 0 aliphatic carbocycles. The average molecular weight is 289 g/mol. The van der Waals surface area contributed by atoms with Crippen molar-refractivity contribution in [3.8, 4) is 0 Å². The summed E-state index contributed by atoms with van der Waals surface area (Å²) in [5.74, 6) is 0.118. The molecule has 5 heteroatoms. The summed E-state index contributed by atoms with van der Waals surface area (Å²) in [5.41, 5.74) is 1.71. The molecule has 100 valence electrons. The quantitative estimate of drug-likeness (QED) is 0.799. The molecule has 0 spiro atoms. The zero-order valence-electron chi connectivity index (χ0n) is 11.0. The monoisotopic (exact) mass is 288 g/mol. The number of rotatable bonds is 4. The van der Waals surface area contributed by atoms with E-state index in [1.165, 1.54) is 6.07 Å². The van der Waals surface area contributed by atoms with Gasteiger partial charge in [0, 0.05) is 11.8 Å². The zero-order chi connectivity index (χ0) is 14.1.